The predicted octanol–water partition coefficient (Wildman–Crippen LogP) is 2.34. The van der Waals surface area contributed by atoms with E-state index in [1.54, 1.807) is 19.1 Å². The predicted molar refractivity (Wildman–Crippen MR) is 82.0 cm³/mol. The van der Waals surface area contributed by atoms with Crippen LogP contribution in [0.4, 0.5) is 4.39 Å². The van der Waals surface area contributed by atoms with Crippen LogP contribution in [0.25, 0.3) is 0 Å². The lowest BCUT2D eigenvalue weighted by atomic mass is 10.1. The van der Waals surface area contributed by atoms with Crippen LogP contribution in [0.3, 0.4) is 0 Å². The maximum absolute atomic E-state index is 13.1. The Labute approximate surface area is 126 Å². The molecule has 6 heteroatoms. The molecule has 4 nitrogen and oxygen atoms in total. The minimum absolute atomic E-state index is 0.110. The molecule has 0 heterocycles. The number of benzene rings is 1. The van der Waals surface area contributed by atoms with Crippen LogP contribution in [0, 0.1) is 5.82 Å². The molecule has 0 amide bonds. The number of hydrogen-bond acceptors (Lipinski definition) is 3. The zero-order chi connectivity index (χ0) is 15.3. The van der Waals surface area contributed by atoms with Crippen LogP contribution in [0.2, 0.25) is 0 Å². The normalized spacial score (nSPS) is 16.9. The van der Waals surface area contributed by atoms with Crippen LogP contribution in [0.1, 0.15) is 44.2 Å². The van der Waals surface area contributed by atoms with Crippen LogP contribution < -0.4 is 10.0 Å². The first-order valence-electron chi connectivity index (χ1n) is 7.45. The Morgan fingerprint density at radius 1 is 1.33 bits per heavy atom. The van der Waals surface area contributed by atoms with Crippen molar-refractivity contribution in [2.24, 2.45) is 0 Å². The van der Waals surface area contributed by atoms with Crippen molar-refractivity contribution in [3.8, 4) is 0 Å². The van der Waals surface area contributed by atoms with Crippen molar-refractivity contribution in [1.29, 1.82) is 0 Å². The van der Waals surface area contributed by atoms with Gasteiger partial charge in [0.15, 0.2) is 0 Å². The van der Waals surface area contributed by atoms with Crippen molar-refractivity contribution in [2.45, 2.75) is 44.7 Å². The molecule has 1 aliphatic rings. The summed E-state index contributed by atoms with van der Waals surface area (Å²) in [5.41, 5.74) is 0.633. The Morgan fingerprint density at radius 2 is 2.10 bits per heavy atom. The lowest BCUT2D eigenvalue weighted by Gasteiger charge is -2.14. The van der Waals surface area contributed by atoms with E-state index >= 15 is 0 Å². The van der Waals surface area contributed by atoms with Gasteiger partial charge in [-0.05, 0) is 56.8 Å². The summed E-state index contributed by atoms with van der Waals surface area (Å²) in [4.78, 5) is 0. The maximum Gasteiger partial charge on any atom is 0.212 e. The number of halogens is 1. The molecule has 1 aromatic rings. The molecule has 0 aliphatic heterocycles. The number of nitrogens with one attached hydrogen (secondary N) is 2. The highest BCUT2D eigenvalue weighted by molar-refractivity contribution is 7.89. The van der Waals surface area contributed by atoms with E-state index in [4.69, 9.17) is 0 Å². The number of rotatable bonds is 9. The molecule has 0 bridgehead atoms. The van der Waals surface area contributed by atoms with Crippen molar-refractivity contribution in [3.63, 3.8) is 0 Å². The molecule has 2 N–H and O–H groups in total. The maximum atomic E-state index is 13.1. The minimum Gasteiger partial charge on any atom is -0.314 e. The largest absolute Gasteiger partial charge is 0.314 e. The zero-order valence-electron chi connectivity index (χ0n) is 12.3. The summed E-state index contributed by atoms with van der Waals surface area (Å²) in [7, 11) is -3.33. The molecule has 1 aliphatic carbocycles. The van der Waals surface area contributed by atoms with E-state index in [1.165, 1.54) is 25.0 Å². The summed E-state index contributed by atoms with van der Waals surface area (Å²) in [5.74, 6) is -0.247. The highest BCUT2D eigenvalue weighted by Gasteiger charge is 2.20. The molecule has 0 saturated heterocycles. The van der Waals surface area contributed by atoms with Gasteiger partial charge in [-0.25, -0.2) is 17.5 Å². The van der Waals surface area contributed by atoms with Crippen molar-refractivity contribution >= 4 is 10.0 Å². The van der Waals surface area contributed by atoms with Crippen molar-refractivity contribution in [2.75, 3.05) is 12.3 Å². The molecule has 1 aromatic carbocycles. The van der Waals surface area contributed by atoms with E-state index in [0.717, 1.165) is 13.0 Å². The second kappa shape index (κ2) is 7.33. The van der Waals surface area contributed by atoms with Crippen molar-refractivity contribution in [1.82, 2.24) is 10.0 Å². The van der Waals surface area contributed by atoms with Crippen LogP contribution in [0.15, 0.2) is 24.3 Å². The summed E-state index contributed by atoms with van der Waals surface area (Å²) < 4.78 is 39.7. The molecule has 1 fully saturated rings. The highest BCUT2D eigenvalue weighted by atomic mass is 32.2. The van der Waals surface area contributed by atoms with Crippen LogP contribution in [-0.4, -0.2) is 26.8 Å². The Kier molecular flexibility index (Phi) is 5.72. The van der Waals surface area contributed by atoms with E-state index in [2.05, 4.69) is 10.0 Å². The van der Waals surface area contributed by atoms with Gasteiger partial charge in [-0.3, -0.25) is 0 Å². The molecule has 0 spiro atoms. The smallest absolute Gasteiger partial charge is 0.212 e. The monoisotopic (exact) mass is 314 g/mol. The van der Waals surface area contributed by atoms with E-state index in [-0.39, 0.29) is 11.6 Å². The van der Waals surface area contributed by atoms with Gasteiger partial charge in [-0.2, -0.15) is 0 Å². The number of sulfonamides is 1. The molecule has 0 aromatic heterocycles. The standard InChI is InChI=1S/C15H23FN2O2S/c1-12(13-5-4-6-14(16)11-13)18-21(19,20)10-3-2-9-17-15-7-8-15/h4-6,11-12,15,17-18H,2-3,7-10H2,1H3. The molecule has 1 saturated carbocycles. The van der Waals surface area contributed by atoms with Gasteiger partial charge < -0.3 is 5.32 Å². The molecule has 2 rings (SSSR count). The Bertz CT molecular complexity index is 559. The first kappa shape index (κ1) is 16.4. The van der Waals surface area contributed by atoms with Crippen LogP contribution >= 0.6 is 0 Å². The quantitative estimate of drug-likeness (QED) is 0.688. The second-order valence-corrected chi connectivity index (χ2v) is 7.52. The lowest BCUT2D eigenvalue weighted by molar-refractivity contribution is 0.558. The van der Waals surface area contributed by atoms with Gasteiger partial charge >= 0.3 is 0 Å². The van der Waals surface area contributed by atoms with E-state index in [1.807, 2.05) is 0 Å². The van der Waals surface area contributed by atoms with Gasteiger partial charge in [0.2, 0.25) is 10.0 Å². The Hall–Kier alpha value is -0.980. The van der Waals surface area contributed by atoms with Crippen molar-refractivity contribution in [3.05, 3.63) is 35.6 Å². The average molecular weight is 314 g/mol. The third kappa shape index (κ3) is 6.11. The highest BCUT2D eigenvalue weighted by Crippen LogP contribution is 2.18. The Balaban J connectivity index is 1.73. The fourth-order valence-corrected chi connectivity index (χ4v) is 3.56. The summed E-state index contributed by atoms with van der Waals surface area (Å²) in [6, 6.07) is 6.24. The van der Waals surface area contributed by atoms with Gasteiger partial charge in [-0.1, -0.05) is 12.1 Å². The fourth-order valence-electron chi connectivity index (χ4n) is 2.18. The van der Waals surface area contributed by atoms with Crippen molar-refractivity contribution < 1.29 is 12.8 Å². The molecule has 1 atom stereocenters. The van der Waals surface area contributed by atoms with Gasteiger partial charge in [0, 0.05) is 12.1 Å². The molecule has 1 unspecified atom stereocenters. The van der Waals surface area contributed by atoms with E-state index in [0.29, 0.717) is 18.0 Å². The first-order valence-corrected chi connectivity index (χ1v) is 9.10. The van der Waals surface area contributed by atoms with Gasteiger partial charge in [-0.15, -0.1) is 0 Å². The molecule has 118 valence electrons. The molecular formula is C15H23FN2O2S. The van der Waals surface area contributed by atoms with Gasteiger partial charge in [0.1, 0.15) is 5.82 Å². The minimum atomic E-state index is -3.33. The zero-order valence-corrected chi connectivity index (χ0v) is 13.1. The summed E-state index contributed by atoms with van der Waals surface area (Å²) in [6.45, 7) is 2.60. The summed E-state index contributed by atoms with van der Waals surface area (Å²) in [6.07, 6.45) is 3.96. The van der Waals surface area contributed by atoms with Crippen LogP contribution in [-0.2, 0) is 10.0 Å². The Morgan fingerprint density at radius 3 is 2.76 bits per heavy atom. The van der Waals surface area contributed by atoms with E-state index < -0.39 is 16.1 Å². The molecular weight excluding hydrogens is 291 g/mol. The van der Waals surface area contributed by atoms with Gasteiger partial charge in [0.05, 0.1) is 5.75 Å². The third-order valence-corrected chi connectivity index (χ3v) is 5.09. The molecule has 21 heavy (non-hydrogen) atoms. The third-order valence-electron chi connectivity index (χ3n) is 3.56. The van der Waals surface area contributed by atoms with E-state index in [9.17, 15) is 12.8 Å². The SMILES string of the molecule is CC(NS(=O)(=O)CCCCNC1CC1)c1cccc(F)c1. The number of unbranched alkanes of at least 4 members (excludes halogenated alkanes) is 1. The molecule has 0 radical (unpaired) electrons. The fraction of sp³-hybridized carbons (Fsp3) is 0.600. The summed E-state index contributed by atoms with van der Waals surface area (Å²) >= 11 is 0. The average Bonchev–Trinajstić information content (AvgIpc) is 3.22. The topological polar surface area (TPSA) is 58.2 Å². The second-order valence-electron chi connectivity index (χ2n) is 5.65. The first-order chi connectivity index (χ1) is 9.96. The summed E-state index contributed by atoms with van der Waals surface area (Å²) in [5, 5.41) is 3.36. The lowest BCUT2D eigenvalue weighted by Crippen LogP contribution is -2.29. The van der Waals surface area contributed by atoms with Crippen LogP contribution in [0.5, 0.6) is 0 Å². The number of hydrogen-bond donors (Lipinski definition) is 2. The van der Waals surface area contributed by atoms with Gasteiger partial charge in [0.25, 0.3) is 0 Å².